The second-order valence-electron chi connectivity index (χ2n) is 8.06. The second-order valence-corrected chi connectivity index (χ2v) is 12.0. The molecule has 0 bridgehead atoms. The van der Waals surface area contributed by atoms with Crippen molar-refractivity contribution in [1.29, 1.82) is 0 Å². The molecular formula is C20H28N2O7S2. The van der Waals surface area contributed by atoms with E-state index in [1.807, 2.05) is 0 Å². The van der Waals surface area contributed by atoms with Gasteiger partial charge in [-0.15, -0.1) is 0 Å². The van der Waals surface area contributed by atoms with Crippen LogP contribution in [-0.2, 0) is 34.2 Å². The third kappa shape index (κ3) is 6.05. The summed E-state index contributed by atoms with van der Waals surface area (Å²) in [6.07, 6.45) is 3.90. The van der Waals surface area contributed by atoms with E-state index in [4.69, 9.17) is 4.74 Å². The molecule has 1 aliphatic heterocycles. The predicted octanol–water partition coefficient (Wildman–Crippen LogP) is 0.855. The zero-order chi connectivity index (χ0) is 22.6. The number of esters is 1. The zero-order valence-corrected chi connectivity index (χ0v) is 19.0. The van der Waals surface area contributed by atoms with Crippen LogP contribution in [0, 0.1) is 0 Å². The lowest BCUT2D eigenvalue weighted by atomic mass is 10.1. The number of hydrogen-bond donors (Lipinski definition) is 1. The highest BCUT2D eigenvalue weighted by Crippen LogP contribution is 2.29. The van der Waals surface area contributed by atoms with Crippen molar-refractivity contribution >= 4 is 31.7 Å². The van der Waals surface area contributed by atoms with E-state index in [-0.39, 0.29) is 22.4 Å². The van der Waals surface area contributed by atoms with Crippen molar-refractivity contribution in [3.05, 3.63) is 30.3 Å². The molecule has 2 fully saturated rings. The Bertz CT molecular complexity index is 1000. The van der Waals surface area contributed by atoms with Gasteiger partial charge in [0, 0.05) is 12.1 Å². The van der Waals surface area contributed by atoms with E-state index in [0.29, 0.717) is 6.42 Å². The van der Waals surface area contributed by atoms with Crippen molar-refractivity contribution in [3.63, 3.8) is 0 Å². The van der Waals surface area contributed by atoms with Crippen molar-refractivity contribution in [2.75, 3.05) is 18.1 Å². The summed E-state index contributed by atoms with van der Waals surface area (Å²) in [5.74, 6) is -1.35. The molecular weight excluding hydrogens is 444 g/mol. The van der Waals surface area contributed by atoms with Gasteiger partial charge >= 0.3 is 5.97 Å². The molecule has 3 rings (SSSR count). The predicted molar refractivity (Wildman–Crippen MR) is 113 cm³/mol. The van der Waals surface area contributed by atoms with Gasteiger partial charge in [-0.25, -0.2) is 16.8 Å². The molecule has 1 saturated carbocycles. The zero-order valence-electron chi connectivity index (χ0n) is 17.4. The molecule has 11 heteroatoms. The first-order valence-electron chi connectivity index (χ1n) is 10.3. The average Bonchev–Trinajstić information content (AvgIpc) is 3.36. The highest BCUT2D eigenvalue weighted by molar-refractivity contribution is 7.91. The maximum Gasteiger partial charge on any atom is 0.324 e. The quantitative estimate of drug-likeness (QED) is 0.556. The minimum atomic E-state index is -3.91. The Labute approximate surface area is 183 Å². The van der Waals surface area contributed by atoms with Crippen molar-refractivity contribution in [2.45, 2.75) is 62.0 Å². The van der Waals surface area contributed by atoms with E-state index in [1.54, 1.807) is 23.1 Å². The van der Waals surface area contributed by atoms with Gasteiger partial charge in [-0.1, -0.05) is 31.0 Å². The van der Waals surface area contributed by atoms with E-state index < -0.39 is 50.4 Å². The van der Waals surface area contributed by atoms with Crippen LogP contribution in [0.4, 0.5) is 0 Å². The van der Waals surface area contributed by atoms with Crippen LogP contribution < -0.4 is 4.72 Å². The first kappa shape index (κ1) is 23.7. The van der Waals surface area contributed by atoms with Crippen LogP contribution in [0.15, 0.2) is 35.2 Å². The van der Waals surface area contributed by atoms with Crippen LogP contribution >= 0.6 is 0 Å². The summed E-state index contributed by atoms with van der Waals surface area (Å²) in [6, 6.07) is 5.96. The molecule has 1 unspecified atom stereocenters. The summed E-state index contributed by atoms with van der Waals surface area (Å²) in [7, 11) is -7.08. The molecule has 1 aliphatic carbocycles. The van der Waals surface area contributed by atoms with Gasteiger partial charge in [-0.05, 0) is 38.3 Å². The first-order chi connectivity index (χ1) is 14.6. The summed E-state index contributed by atoms with van der Waals surface area (Å²) < 4.78 is 55.8. The first-order valence-corrected chi connectivity index (χ1v) is 13.6. The smallest absolute Gasteiger partial charge is 0.324 e. The summed E-state index contributed by atoms with van der Waals surface area (Å²) in [6.45, 7) is 0.787. The Morgan fingerprint density at radius 2 is 1.77 bits per heavy atom. The third-order valence-electron chi connectivity index (χ3n) is 5.68. The SMILES string of the molecule is C[C@H](NS(=O)(=O)c1ccccc1)C(=O)OCC(=O)N(C1CCCC1)C1CCS(=O)(=O)C1. The van der Waals surface area contributed by atoms with E-state index >= 15 is 0 Å². The fourth-order valence-electron chi connectivity index (χ4n) is 4.16. The number of ether oxygens (including phenoxy) is 1. The number of amides is 1. The molecule has 31 heavy (non-hydrogen) atoms. The topological polar surface area (TPSA) is 127 Å². The number of carbonyl (C=O) groups excluding carboxylic acids is 2. The second kappa shape index (κ2) is 9.66. The molecule has 172 valence electrons. The number of nitrogens with zero attached hydrogens (tertiary/aromatic N) is 1. The van der Waals surface area contributed by atoms with Crippen molar-refractivity contribution in [3.8, 4) is 0 Å². The van der Waals surface area contributed by atoms with Gasteiger partial charge in [0.1, 0.15) is 6.04 Å². The summed E-state index contributed by atoms with van der Waals surface area (Å²) >= 11 is 0. The normalized spacial score (nSPS) is 22.2. The van der Waals surface area contributed by atoms with Crippen LogP contribution in [-0.4, -0.2) is 69.9 Å². The van der Waals surface area contributed by atoms with Gasteiger partial charge < -0.3 is 9.64 Å². The molecule has 1 aromatic carbocycles. The summed E-state index contributed by atoms with van der Waals surface area (Å²) in [5, 5.41) is 0. The Morgan fingerprint density at radius 3 is 2.35 bits per heavy atom. The lowest BCUT2D eigenvalue weighted by molar-refractivity contribution is -0.155. The largest absolute Gasteiger partial charge is 0.454 e. The van der Waals surface area contributed by atoms with Gasteiger partial charge in [0.2, 0.25) is 10.0 Å². The minimum Gasteiger partial charge on any atom is -0.454 e. The number of benzene rings is 1. The van der Waals surface area contributed by atoms with Gasteiger partial charge in [0.05, 0.1) is 16.4 Å². The van der Waals surface area contributed by atoms with Crippen molar-refractivity contribution in [1.82, 2.24) is 9.62 Å². The van der Waals surface area contributed by atoms with Crippen molar-refractivity contribution < 1.29 is 31.2 Å². The Morgan fingerprint density at radius 1 is 1.13 bits per heavy atom. The summed E-state index contributed by atoms with van der Waals surface area (Å²) in [5.41, 5.74) is 0. The molecule has 0 spiro atoms. The molecule has 2 atom stereocenters. The molecule has 1 heterocycles. The molecule has 1 N–H and O–H groups in total. The lowest BCUT2D eigenvalue weighted by Crippen LogP contribution is -2.49. The highest BCUT2D eigenvalue weighted by Gasteiger charge is 2.39. The number of carbonyl (C=O) groups is 2. The monoisotopic (exact) mass is 472 g/mol. The standard InChI is InChI=1S/C20H28N2O7S2/c1-15(21-31(27,28)18-9-3-2-4-10-18)20(24)29-13-19(23)22(16-7-5-6-8-16)17-11-12-30(25,26)14-17/h2-4,9-10,15-17,21H,5-8,11-14H2,1H3/t15-,17?/m0/s1. The van der Waals surface area contributed by atoms with E-state index in [2.05, 4.69) is 4.72 Å². The molecule has 9 nitrogen and oxygen atoms in total. The highest BCUT2D eigenvalue weighted by atomic mass is 32.2. The molecule has 1 amide bonds. The van der Waals surface area contributed by atoms with Crippen LogP contribution in [0.3, 0.4) is 0 Å². The van der Waals surface area contributed by atoms with Gasteiger partial charge in [0.25, 0.3) is 5.91 Å². The van der Waals surface area contributed by atoms with Gasteiger partial charge in [-0.2, -0.15) is 4.72 Å². The molecule has 0 aromatic heterocycles. The lowest BCUT2D eigenvalue weighted by Gasteiger charge is -2.34. The summed E-state index contributed by atoms with van der Waals surface area (Å²) in [4.78, 5) is 26.8. The Balaban J connectivity index is 1.60. The maximum atomic E-state index is 12.9. The average molecular weight is 473 g/mol. The van der Waals surface area contributed by atoms with E-state index in [9.17, 15) is 26.4 Å². The number of nitrogens with one attached hydrogen (secondary N) is 1. The maximum absolute atomic E-state index is 12.9. The van der Waals surface area contributed by atoms with Gasteiger partial charge in [0.15, 0.2) is 16.4 Å². The molecule has 1 saturated heterocycles. The Hall–Kier alpha value is -1.98. The third-order valence-corrected chi connectivity index (χ3v) is 8.99. The van der Waals surface area contributed by atoms with Crippen LogP contribution in [0.2, 0.25) is 0 Å². The number of rotatable bonds is 8. The minimum absolute atomic E-state index is 0.0144. The van der Waals surface area contributed by atoms with Crippen LogP contribution in [0.5, 0.6) is 0 Å². The van der Waals surface area contributed by atoms with Crippen LogP contribution in [0.1, 0.15) is 39.0 Å². The van der Waals surface area contributed by atoms with Crippen molar-refractivity contribution in [2.24, 2.45) is 0 Å². The molecule has 0 radical (unpaired) electrons. The number of hydrogen-bond acceptors (Lipinski definition) is 7. The van der Waals surface area contributed by atoms with E-state index in [1.165, 1.54) is 19.1 Å². The number of sulfonamides is 1. The van der Waals surface area contributed by atoms with Gasteiger partial charge in [-0.3, -0.25) is 9.59 Å². The molecule has 2 aliphatic rings. The Kier molecular flexibility index (Phi) is 7.38. The fourth-order valence-corrected chi connectivity index (χ4v) is 7.09. The van der Waals surface area contributed by atoms with Crippen LogP contribution in [0.25, 0.3) is 0 Å². The molecule has 1 aromatic rings. The number of sulfone groups is 1. The van der Waals surface area contributed by atoms with E-state index in [0.717, 1.165) is 25.7 Å². The fraction of sp³-hybridized carbons (Fsp3) is 0.600.